The second-order valence-electron chi connectivity index (χ2n) is 7.73. The van der Waals surface area contributed by atoms with Gasteiger partial charge in [0.05, 0.1) is 25.6 Å². The molecule has 3 heterocycles. The number of para-hydroxylation sites is 1. The number of hydrogen-bond acceptors (Lipinski definition) is 6. The summed E-state index contributed by atoms with van der Waals surface area (Å²) < 4.78 is 17.0. The van der Waals surface area contributed by atoms with Crippen LogP contribution in [0.2, 0.25) is 0 Å². The summed E-state index contributed by atoms with van der Waals surface area (Å²) in [5.41, 5.74) is 3.33. The highest BCUT2D eigenvalue weighted by Gasteiger charge is 2.35. The Morgan fingerprint density at radius 2 is 2.06 bits per heavy atom. The molecule has 1 atom stereocenters. The number of methoxy groups -OCH3 is 1. The van der Waals surface area contributed by atoms with Gasteiger partial charge < -0.3 is 18.9 Å². The fourth-order valence-corrected chi connectivity index (χ4v) is 3.93. The number of hydrazone groups is 1. The van der Waals surface area contributed by atoms with Crippen molar-refractivity contribution in [1.82, 2.24) is 5.01 Å². The number of fused-ring (bicyclic) bond motifs is 1. The molecule has 0 unspecified atom stereocenters. The van der Waals surface area contributed by atoms with Crippen molar-refractivity contribution in [2.45, 2.75) is 19.4 Å². The zero-order chi connectivity index (χ0) is 22.1. The highest BCUT2D eigenvalue weighted by molar-refractivity contribution is 6.03. The van der Waals surface area contributed by atoms with Crippen LogP contribution < -0.4 is 10.1 Å². The maximum Gasteiger partial charge on any atom is 0.262 e. The molecule has 0 saturated carbocycles. The van der Waals surface area contributed by atoms with E-state index in [1.807, 2.05) is 67.6 Å². The van der Waals surface area contributed by atoms with Gasteiger partial charge in [-0.25, -0.2) is 5.01 Å². The summed E-state index contributed by atoms with van der Waals surface area (Å²) in [5.74, 6) is 1.84. The van der Waals surface area contributed by atoms with Crippen LogP contribution in [0.3, 0.4) is 0 Å². The molecular weight excluding hydrogens is 406 g/mol. The van der Waals surface area contributed by atoms with Crippen molar-refractivity contribution in [3.63, 3.8) is 0 Å². The van der Waals surface area contributed by atoms with Crippen LogP contribution in [0.1, 0.15) is 29.5 Å². The van der Waals surface area contributed by atoms with Crippen molar-refractivity contribution in [1.29, 1.82) is 0 Å². The molecule has 0 bridgehead atoms. The molecule has 1 N–H and O–H groups in total. The Hall–Kier alpha value is -4.00. The number of rotatable bonds is 6. The van der Waals surface area contributed by atoms with Crippen LogP contribution in [0.15, 0.2) is 80.9 Å². The lowest BCUT2D eigenvalue weighted by Gasteiger charge is -2.20. The summed E-state index contributed by atoms with van der Waals surface area (Å²) in [6.07, 6.45) is 2.11. The first-order valence-corrected chi connectivity index (χ1v) is 10.4. The zero-order valence-electron chi connectivity index (χ0n) is 17.9. The van der Waals surface area contributed by atoms with Gasteiger partial charge in [0.2, 0.25) is 0 Å². The van der Waals surface area contributed by atoms with Crippen LogP contribution >= 0.6 is 0 Å². The Balaban J connectivity index is 1.41. The second kappa shape index (κ2) is 8.26. The highest BCUT2D eigenvalue weighted by atomic mass is 16.5. The van der Waals surface area contributed by atoms with Crippen molar-refractivity contribution >= 4 is 28.3 Å². The molecular formula is C25H23N3O4. The molecule has 1 amide bonds. The maximum atomic E-state index is 13.2. The molecule has 1 aliphatic rings. The van der Waals surface area contributed by atoms with Crippen LogP contribution in [-0.2, 0) is 4.79 Å². The third-order valence-electron chi connectivity index (χ3n) is 5.53. The summed E-state index contributed by atoms with van der Waals surface area (Å²) in [4.78, 5) is 13.2. The van der Waals surface area contributed by atoms with Gasteiger partial charge in [-0.3, -0.25) is 4.79 Å². The van der Waals surface area contributed by atoms with E-state index in [0.29, 0.717) is 29.4 Å². The van der Waals surface area contributed by atoms with E-state index < -0.39 is 0 Å². The number of nitrogens with zero attached hydrogens (tertiary/aromatic N) is 2. The molecule has 1 aliphatic heterocycles. The Morgan fingerprint density at radius 3 is 2.84 bits per heavy atom. The third kappa shape index (κ3) is 3.73. The number of furan rings is 2. The van der Waals surface area contributed by atoms with E-state index in [0.717, 1.165) is 22.2 Å². The molecule has 5 rings (SSSR count). The van der Waals surface area contributed by atoms with Crippen LogP contribution in [0.25, 0.3) is 11.0 Å². The number of amides is 1. The number of carbonyl (C=O) groups is 1. The Labute approximate surface area is 185 Å². The first-order valence-electron chi connectivity index (χ1n) is 10.4. The van der Waals surface area contributed by atoms with Gasteiger partial charge in [0.25, 0.3) is 5.91 Å². The van der Waals surface area contributed by atoms with Gasteiger partial charge in [0.15, 0.2) is 5.76 Å². The van der Waals surface area contributed by atoms with E-state index in [1.165, 1.54) is 5.01 Å². The zero-order valence-corrected chi connectivity index (χ0v) is 17.9. The molecule has 0 spiro atoms. The fraction of sp³-hybridized carbons (Fsp3) is 0.200. The van der Waals surface area contributed by atoms with Gasteiger partial charge in [-0.15, -0.1) is 0 Å². The SMILES string of the molecule is COc1ccc(C)cc1NCC(=O)N1N=C(c2cc3ccccc3o2)C[C@@H]1c1ccco1. The predicted octanol–water partition coefficient (Wildman–Crippen LogP) is 5.13. The van der Waals surface area contributed by atoms with Crippen LogP contribution in [0.5, 0.6) is 5.75 Å². The fourth-order valence-electron chi connectivity index (χ4n) is 3.93. The molecule has 0 radical (unpaired) electrons. The number of ether oxygens (including phenoxy) is 1. The smallest absolute Gasteiger partial charge is 0.262 e. The first-order chi connectivity index (χ1) is 15.6. The van der Waals surface area contributed by atoms with E-state index in [9.17, 15) is 4.79 Å². The van der Waals surface area contributed by atoms with Crippen molar-refractivity contribution in [3.8, 4) is 5.75 Å². The number of nitrogens with one attached hydrogen (secondary N) is 1. The van der Waals surface area contributed by atoms with Gasteiger partial charge >= 0.3 is 0 Å². The quantitative estimate of drug-likeness (QED) is 0.459. The third-order valence-corrected chi connectivity index (χ3v) is 5.53. The molecule has 0 fully saturated rings. The van der Waals surface area contributed by atoms with Crippen molar-refractivity contribution in [2.24, 2.45) is 5.10 Å². The van der Waals surface area contributed by atoms with Crippen molar-refractivity contribution in [2.75, 3.05) is 19.0 Å². The summed E-state index contributed by atoms with van der Waals surface area (Å²) >= 11 is 0. The van der Waals surface area contributed by atoms with Gasteiger partial charge in [-0.1, -0.05) is 24.3 Å². The molecule has 0 aliphatic carbocycles. The van der Waals surface area contributed by atoms with E-state index in [1.54, 1.807) is 13.4 Å². The lowest BCUT2D eigenvalue weighted by Crippen LogP contribution is -2.32. The molecule has 32 heavy (non-hydrogen) atoms. The highest BCUT2D eigenvalue weighted by Crippen LogP contribution is 2.34. The van der Waals surface area contributed by atoms with Gasteiger partial charge in [-0.05, 0) is 48.9 Å². The summed E-state index contributed by atoms with van der Waals surface area (Å²) in [5, 5.41) is 10.3. The summed E-state index contributed by atoms with van der Waals surface area (Å²) in [6, 6.07) is 18.9. The van der Waals surface area contributed by atoms with E-state index in [4.69, 9.17) is 13.6 Å². The molecule has 7 heteroatoms. The Morgan fingerprint density at radius 1 is 1.19 bits per heavy atom. The first kappa shape index (κ1) is 19.9. The van der Waals surface area contributed by atoms with Gasteiger partial charge in [0, 0.05) is 11.8 Å². The standard InChI is InChI=1S/C25H23N3O4/c1-16-9-10-22(30-2)18(12-16)26-15-25(29)28-20(23-8-5-11-31-23)14-19(27-28)24-13-17-6-3-4-7-21(17)32-24/h3-13,20,26H,14-15H2,1-2H3/t20-/m1/s1. The average molecular weight is 429 g/mol. The molecule has 0 saturated heterocycles. The summed E-state index contributed by atoms with van der Waals surface area (Å²) in [7, 11) is 1.61. The van der Waals surface area contributed by atoms with Gasteiger partial charge in [0.1, 0.15) is 28.8 Å². The van der Waals surface area contributed by atoms with Crippen LogP contribution in [-0.4, -0.2) is 30.3 Å². The largest absolute Gasteiger partial charge is 0.495 e. The molecule has 162 valence electrons. The van der Waals surface area contributed by atoms with E-state index >= 15 is 0 Å². The minimum Gasteiger partial charge on any atom is -0.495 e. The lowest BCUT2D eigenvalue weighted by atomic mass is 10.1. The number of aryl methyl sites for hydroxylation is 1. The summed E-state index contributed by atoms with van der Waals surface area (Å²) in [6.45, 7) is 2.05. The number of hydrogen-bond donors (Lipinski definition) is 1. The molecule has 2 aromatic carbocycles. The van der Waals surface area contributed by atoms with Crippen LogP contribution in [0, 0.1) is 6.92 Å². The van der Waals surface area contributed by atoms with Crippen LogP contribution in [0.4, 0.5) is 5.69 Å². The normalized spacial score (nSPS) is 15.8. The van der Waals surface area contributed by atoms with Crippen molar-refractivity contribution < 1.29 is 18.4 Å². The molecule has 2 aromatic heterocycles. The van der Waals surface area contributed by atoms with E-state index in [2.05, 4.69) is 10.4 Å². The minimum atomic E-state index is -0.332. The van der Waals surface area contributed by atoms with Crippen molar-refractivity contribution in [3.05, 3.63) is 84.0 Å². The number of benzene rings is 2. The van der Waals surface area contributed by atoms with Gasteiger partial charge in [-0.2, -0.15) is 5.10 Å². The average Bonchev–Trinajstić information content (AvgIpc) is 3.56. The second-order valence-corrected chi connectivity index (χ2v) is 7.73. The van der Waals surface area contributed by atoms with E-state index in [-0.39, 0.29) is 18.5 Å². The molecule has 7 nitrogen and oxygen atoms in total. The lowest BCUT2D eigenvalue weighted by molar-refractivity contribution is -0.131. The maximum absolute atomic E-state index is 13.2. The number of anilines is 1. The topological polar surface area (TPSA) is 80.2 Å². The Kier molecular flexibility index (Phi) is 5.15. The minimum absolute atomic E-state index is 0.0634. The number of carbonyl (C=O) groups excluding carboxylic acids is 1. The monoisotopic (exact) mass is 429 g/mol. The molecule has 4 aromatic rings. The Bertz CT molecular complexity index is 1260. The predicted molar refractivity (Wildman–Crippen MR) is 122 cm³/mol.